The van der Waals surface area contributed by atoms with Crippen molar-refractivity contribution in [1.82, 2.24) is 0 Å². The Morgan fingerprint density at radius 1 is 1.41 bits per heavy atom. The van der Waals surface area contributed by atoms with Gasteiger partial charge in [-0.15, -0.1) is 0 Å². The third kappa shape index (κ3) is 4.99. The molecular formula is C13H17NO7S. The lowest BCUT2D eigenvalue weighted by Gasteiger charge is -2.11. The molecule has 0 saturated heterocycles. The van der Waals surface area contributed by atoms with E-state index < -0.39 is 33.0 Å². The molecule has 1 rings (SSSR count). The Kier molecular flexibility index (Phi) is 5.86. The summed E-state index contributed by atoms with van der Waals surface area (Å²) in [5.74, 6) is -0.852. The van der Waals surface area contributed by atoms with Gasteiger partial charge in [0.05, 0.1) is 15.9 Å². The Hall–Kier alpha value is -2.16. The molecule has 0 aromatic heterocycles. The molecule has 0 bridgehead atoms. The summed E-state index contributed by atoms with van der Waals surface area (Å²) in [6.45, 7) is 3.05. The highest BCUT2D eigenvalue weighted by Crippen LogP contribution is 2.29. The number of rotatable bonds is 7. The van der Waals surface area contributed by atoms with Crippen molar-refractivity contribution in [2.45, 2.75) is 31.3 Å². The van der Waals surface area contributed by atoms with Crippen molar-refractivity contribution in [3.63, 3.8) is 0 Å². The highest BCUT2D eigenvalue weighted by molar-refractivity contribution is 7.90. The minimum atomic E-state index is -3.58. The van der Waals surface area contributed by atoms with Crippen molar-refractivity contribution >= 4 is 21.5 Å². The first kappa shape index (κ1) is 17.9. The van der Waals surface area contributed by atoms with Crippen molar-refractivity contribution in [3.8, 4) is 5.75 Å². The fourth-order valence-electron chi connectivity index (χ4n) is 1.47. The van der Waals surface area contributed by atoms with E-state index in [1.165, 1.54) is 6.07 Å². The number of carbonyl (C=O) groups is 1. The minimum absolute atomic E-state index is 0.196. The van der Waals surface area contributed by atoms with Crippen LogP contribution in [-0.2, 0) is 19.4 Å². The second-order valence-corrected chi connectivity index (χ2v) is 6.67. The number of nitro groups is 1. The predicted molar refractivity (Wildman–Crippen MR) is 77.5 cm³/mol. The van der Waals surface area contributed by atoms with Gasteiger partial charge >= 0.3 is 11.7 Å². The average Bonchev–Trinajstić information content (AvgIpc) is 2.43. The summed E-state index contributed by atoms with van der Waals surface area (Å²) in [6.07, 6.45) is 1.30. The Morgan fingerprint density at radius 3 is 2.55 bits per heavy atom. The lowest BCUT2D eigenvalue weighted by molar-refractivity contribution is -0.386. The van der Waals surface area contributed by atoms with Crippen LogP contribution in [0.5, 0.6) is 5.75 Å². The maximum atomic E-state index is 11.5. The summed E-state index contributed by atoms with van der Waals surface area (Å²) in [5, 5.41) is 11.0. The second-order valence-electron chi connectivity index (χ2n) is 4.66. The quantitative estimate of drug-likeness (QED) is 0.424. The molecule has 9 heteroatoms. The fraction of sp³-hybridized carbons (Fsp3) is 0.462. The summed E-state index contributed by atoms with van der Waals surface area (Å²) in [6, 6.07) is 3.22. The number of hydrogen-bond donors (Lipinski definition) is 0. The van der Waals surface area contributed by atoms with Gasteiger partial charge in [-0.2, -0.15) is 0 Å². The molecule has 122 valence electrons. The van der Waals surface area contributed by atoms with Gasteiger partial charge < -0.3 is 9.47 Å². The number of esters is 1. The van der Waals surface area contributed by atoms with E-state index in [-0.39, 0.29) is 16.7 Å². The molecule has 0 radical (unpaired) electrons. The molecule has 0 heterocycles. The molecule has 0 fully saturated rings. The maximum absolute atomic E-state index is 11.5. The van der Waals surface area contributed by atoms with Gasteiger partial charge in [0.15, 0.2) is 22.2 Å². The summed E-state index contributed by atoms with van der Waals surface area (Å²) >= 11 is 0. The molecule has 0 aliphatic heterocycles. The third-order valence-corrected chi connectivity index (χ3v) is 3.92. The van der Waals surface area contributed by atoms with Gasteiger partial charge in [0.25, 0.3) is 0 Å². The Labute approximate surface area is 128 Å². The first-order valence-corrected chi connectivity index (χ1v) is 8.35. The molecule has 1 aromatic carbocycles. The van der Waals surface area contributed by atoms with E-state index >= 15 is 0 Å². The van der Waals surface area contributed by atoms with Gasteiger partial charge in [-0.3, -0.25) is 10.1 Å². The fourth-order valence-corrected chi connectivity index (χ4v) is 2.11. The number of nitrogens with zero attached hydrogens (tertiary/aromatic N) is 1. The van der Waals surface area contributed by atoms with E-state index in [9.17, 15) is 23.3 Å². The maximum Gasteiger partial charge on any atom is 0.344 e. The first-order valence-electron chi connectivity index (χ1n) is 6.46. The second kappa shape index (κ2) is 7.21. The standard InChI is InChI=1S/C13H17NO7S/c1-4-9(2)21-13(15)8-20-12-6-5-10(22(3,18)19)7-11(12)14(16)17/h5-7,9H,4,8H2,1-3H3. The minimum Gasteiger partial charge on any atom is -0.475 e. The highest BCUT2D eigenvalue weighted by Gasteiger charge is 2.21. The zero-order valence-corrected chi connectivity index (χ0v) is 13.3. The molecule has 0 N–H and O–H groups in total. The lowest BCUT2D eigenvalue weighted by atomic mass is 10.3. The van der Waals surface area contributed by atoms with E-state index in [4.69, 9.17) is 9.47 Å². The van der Waals surface area contributed by atoms with E-state index in [0.717, 1.165) is 18.4 Å². The van der Waals surface area contributed by atoms with E-state index in [1.807, 2.05) is 6.92 Å². The molecule has 1 aromatic rings. The van der Waals surface area contributed by atoms with Gasteiger partial charge in [-0.05, 0) is 25.5 Å². The van der Waals surface area contributed by atoms with Crippen molar-refractivity contribution in [1.29, 1.82) is 0 Å². The van der Waals surface area contributed by atoms with E-state index in [1.54, 1.807) is 6.92 Å². The average molecular weight is 331 g/mol. The number of carbonyl (C=O) groups excluding carboxylic acids is 1. The van der Waals surface area contributed by atoms with Crippen LogP contribution >= 0.6 is 0 Å². The number of ether oxygens (including phenoxy) is 2. The molecule has 8 nitrogen and oxygen atoms in total. The lowest BCUT2D eigenvalue weighted by Crippen LogP contribution is -2.20. The van der Waals surface area contributed by atoms with Gasteiger partial charge in [-0.1, -0.05) is 6.92 Å². The first-order chi connectivity index (χ1) is 10.1. The van der Waals surface area contributed by atoms with Crippen LogP contribution in [0.15, 0.2) is 23.1 Å². The molecular weight excluding hydrogens is 314 g/mol. The summed E-state index contributed by atoms with van der Waals surface area (Å²) < 4.78 is 32.8. The smallest absolute Gasteiger partial charge is 0.344 e. The van der Waals surface area contributed by atoms with Crippen molar-refractivity contribution in [2.75, 3.05) is 12.9 Å². The zero-order chi connectivity index (χ0) is 16.9. The Bertz CT molecular complexity index is 669. The molecule has 0 amide bonds. The van der Waals surface area contributed by atoms with Crippen LogP contribution in [0.1, 0.15) is 20.3 Å². The SMILES string of the molecule is CCC(C)OC(=O)COc1ccc(S(C)(=O)=O)cc1[N+](=O)[O-]. The molecule has 1 atom stereocenters. The largest absolute Gasteiger partial charge is 0.475 e. The third-order valence-electron chi connectivity index (χ3n) is 2.81. The summed E-state index contributed by atoms with van der Waals surface area (Å²) in [5.41, 5.74) is -0.528. The Morgan fingerprint density at radius 2 is 2.05 bits per heavy atom. The van der Waals surface area contributed by atoms with E-state index in [0.29, 0.717) is 6.42 Å². The van der Waals surface area contributed by atoms with Crippen LogP contribution in [0.2, 0.25) is 0 Å². The van der Waals surface area contributed by atoms with Crippen LogP contribution < -0.4 is 4.74 Å². The predicted octanol–water partition coefficient (Wildman–Crippen LogP) is 1.72. The van der Waals surface area contributed by atoms with E-state index in [2.05, 4.69) is 0 Å². The Balaban J connectivity index is 2.91. The van der Waals surface area contributed by atoms with Gasteiger partial charge in [0.1, 0.15) is 0 Å². The summed E-state index contributed by atoms with van der Waals surface area (Å²) in [4.78, 5) is 21.5. The molecule has 0 spiro atoms. The van der Waals surface area contributed by atoms with Crippen molar-refractivity contribution < 1.29 is 27.6 Å². The van der Waals surface area contributed by atoms with Gasteiger partial charge in [-0.25, -0.2) is 13.2 Å². The molecule has 0 saturated carbocycles. The van der Waals surface area contributed by atoms with Crippen LogP contribution in [0.25, 0.3) is 0 Å². The van der Waals surface area contributed by atoms with Crippen LogP contribution in [-0.4, -0.2) is 38.3 Å². The van der Waals surface area contributed by atoms with Gasteiger partial charge in [0.2, 0.25) is 0 Å². The monoisotopic (exact) mass is 331 g/mol. The van der Waals surface area contributed by atoms with Crippen LogP contribution in [0.3, 0.4) is 0 Å². The highest BCUT2D eigenvalue weighted by atomic mass is 32.2. The number of sulfone groups is 1. The van der Waals surface area contributed by atoms with Crippen LogP contribution in [0, 0.1) is 10.1 Å². The molecule has 1 unspecified atom stereocenters. The molecule has 0 aliphatic carbocycles. The normalized spacial score (nSPS) is 12.5. The molecule has 0 aliphatic rings. The summed E-state index contributed by atoms with van der Waals surface area (Å²) in [7, 11) is -3.58. The number of nitro benzene ring substituents is 1. The zero-order valence-electron chi connectivity index (χ0n) is 12.4. The molecule has 22 heavy (non-hydrogen) atoms. The number of benzene rings is 1. The number of hydrogen-bond acceptors (Lipinski definition) is 7. The van der Waals surface area contributed by atoms with Gasteiger partial charge in [0, 0.05) is 12.3 Å². The topological polar surface area (TPSA) is 113 Å². The van der Waals surface area contributed by atoms with Crippen LogP contribution in [0.4, 0.5) is 5.69 Å². The van der Waals surface area contributed by atoms with Crippen molar-refractivity contribution in [2.24, 2.45) is 0 Å². The van der Waals surface area contributed by atoms with Crippen molar-refractivity contribution in [3.05, 3.63) is 28.3 Å².